The van der Waals surface area contributed by atoms with E-state index in [9.17, 15) is 9.59 Å². The summed E-state index contributed by atoms with van der Waals surface area (Å²) in [5.41, 5.74) is 1.18. The van der Waals surface area contributed by atoms with Gasteiger partial charge in [0, 0.05) is 51.9 Å². The van der Waals surface area contributed by atoms with Crippen molar-refractivity contribution in [1.29, 1.82) is 0 Å². The van der Waals surface area contributed by atoms with E-state index in [1.165, 1.54) is 6.08 Å². The second kappa shape index (κ2) is 11.1. The molecule has 8 heteroatoms. The number of nitrogens with zero attached hydrogens (tertiary/aromatic N) is 1. The quantitative estimate of drug-likeness (QED) is 0.239. The van der Waals surface area contributed by atoms with Gasteiger partial charge in [-0.2, -0.15) is 0 Å². The molecule has 45 heavy (non-hydrogen) atoms. The lowest BCUT2D eigenvalue weighted by Crippen LogP contribution is -2.66. The lowest BCUT2D eigenvalue weighted by atomic mass is 9.55. The molecule has 0 aliphatic carbocycles. The van der Waals surface area contributed by atoms with E-state index in [0.29, 0.717) is 26.9 Å². The van der Waals surface area contributed by atoms with E-state index < -0.39 is 22.9 Å². The number of carbonyl (C=O) groups excluding carboxylic acids is 3. The molecule has 2 saturated heterocycles. The van der Waals surface area contributed by atoms with Crippen LogP contribution in [0.3, 0.4) is 0 Å². The molecule has 0 bridgehead atoms. The molecule has 0 aromatic heterocycles. The van der Waals surface area contributed by atoms with Crippen LogP contribution in [0.2, 0.25) is 10.0 Å². The third kappa shape index (κ3) is 4.47. The summed E-state index contributed by atoms with van der Waals surface area (Å²) >= 11 is 12.5. The molecule has 4 aromatic carbocycles. The Morgan fingerprint density at radius 3 is 2.18 bits per heavy atom. The molecule has 2 fully saturated rings. The van der Waals surface area contributed by atoms with E-state index in [0.717, 1.165) is 16.7 Å². The van der Waals surface area contributed by atoms with Gasteiger partial charge in [0.1, 0.15) is 5.54 Å². The lowest BCUT2D eigenvalue weighted by Gasteiger charge is -2.50. The molecule has 224 valence electrons. The second-order valence-corrected chi connectivity index (χ2v) is 12.6. The summed E-state index contributed by atoms with van der Waals surface area (Å²) in [5, 5.41) is 7.93. The zero-order valence-corrected chi connectivity index (χ0v) is 25.7. The van der Waals surface area contributed by atoms with Crippen LogP contribution in [-0.4, -0.2) is 35.6 Å². The zero-order chi connectivity index (χ0) is 31.3. The molecule has 7 rings (SSSR count). The third-order valence-electron chi connectivity index (χ3n) is 9.41. The maximum atomic E-state index is 15.5. The summed E-state index contributed by atoms with van der Waals surface area (Å²) in [6.07, 6.45) is 3.05. The highest BCUT2D eigenvalue weighted by Gasteiger charge is 2.75. The SMILES string of the molecule is C=CC(=O)N1C/C(=C\c2ccc(Cl)cc2)C(=O)C2(C1)C(c1ccc(Cl)cc1)C(c1ccccc1)NC21C(=O)Nc2ccccc21. The number of likely N-dealkylation sites (tertiary alicyclic amines) is 1. The van der Waals surface area contributed by atoms with Crippen LogP contribution in [0.4, 0.5) is 5.69 Å². The van der Waals surface area contributed by atoms with E-state index in [2.05, 4.69) is 17.2 Å². The van der Waals surface area contributed by atoms with E-state index in [1.54, 1.807) is 35.2 Å². The topological polar surface area (TPSA) is 78.5 Å². The average molecular weight is 635 g/mol. The molecular weight excluding hydrogens is 605 g/mol. The largest absolute Gasteiger partial charge is 0.334 e. The van der Waals surface area contributed by atoms with E-state index in [4.69, 9.17) is 23.2 Å². The first kappa shape index (κ1) is 29.2. The number of nitrogens with one attached hydrogen (secondary N) is 2. The number of benzene rings is 4. The highest BCUT2D eigenvalue weighted by Crippen LogP contribution is 2.65. The molecule has 2 spiro atoms. The van der Waals surface area contributed by atoms with Crippen molar-refractivity contribution in [2.45, 2.75) is 17.5 Å². The van der Waals surface area contributed by atoms with Gasteiger partial charge in [0.25, 0.3) is 5.91 Å². The van der Waals surface area contributed by atoms with Crippen molar-refractivity contribution in [3.05, 3.63) is 154 Å². The lowest BCUT2D eigenvalue weighted by molar-refractivity contribution is -0.145. The maximum Gasteiger partial charge on any atom is 0.250 e. The number of rotatable bonds is 4. The number of hydrogen-bond donors (Lipinski definition) is 2. The Hall–Kier alpha value is -4.49. The van der Waals surface area contributed by atoms with Crippen LogP contribution >= 0.6 is 23.2 Å². The molecule has 0 saturated carbocycles. The fraction of sp³-hybridized carbons (Fsp3) is 0.162. The van der Waals surface area contributed by atoms with Crippen LogP contribution < -0.4 is 10.6 Å². The highest BCUT2D eigenvalue weighted by molar-refractivity contribution is 6.31. The zero-order valence-electron chi connectivity index (χ0n) is 24.2. The number of ketones is 1. The first-order valence-electron chi connectivity index (χ1n) is 14.7. The number of carbonyl (C=O) groups is 3. The van der Waals surface area contributed by atoms with Crippen molar-refractivity contribution in [2.24, 2.45) is 5.41 Å². The van der Waals surface area contributed by atoms with Gasteiger partial charge in [-0.05, 0) is 59.2 Å². The van der Waals surface area contributed by atoms with Gasteiger partial charge in [-0.3, -0.25) is 19.7 Å². The Morgan fingerprint density at radius 2 is 1.49 bits per heavy atom. The van der Waals surface area contributed by atoms with E-state index in [1.807, 2.05) is 78.9 Å². The molecule has 2 amide bonds. The number of anilines is 1. The predicted octanol–water partition coefficient (Wildman–Crippen LogP) is 6.94. The predicted molar refractivity (Wildman–Crippen MR) is 177 cm³/mol. The van der Waals surface area contributed by atoms with Crippen LogP contribution in [0.1, 0.15) is 34.2 Å². The monoisotopic (exact) mass is 633 g/mol. The highest BCUT2D eigenvalue weighted by atomic mass is 35.5. The number of amides is 2. The first-order chi connectivity index (χ1) is 21.8. The Labute approximate surface area is 271 Å². The van der Waals surface area contributed by atoms with Crippen LogP contribution in [0.25, 0.3) is 6.08 Å². The Bertz CT molecular complexity index is 1870. The van der Waals surface area contributed by atoms with Crippen molar-refractivity contribution in [1.82, 2.24) is 10.2 Å². The average Bonchev–Trinajstić information content (AvgIpc) is 3.52. The minimum Gasteiger partial charge on any atom is -0.334 e. The minimum absolute atomic E-state index is 0.0139. The molecule has 3 aliphatic heterocycles. The summed E-state index contributed by atoms with van der Waals surface area (Å²) in [5.74, 6) is -1.46. The van der Waals surface area contributed by atoms with E-state index in [-0.39, 0.29) is 30.7 Å². The summed E-state index contributed by atoms with van der Waals surface area (Å²) in [7, 11) is 0. The molecule has 2 N–H and O–H groups in total. The first-order valence-corrected chi connectivity index (χ1v) is 15.5. The molecule has 4 atom stereocenters. The fourth-order valence-corrected chi connectivity index (χ4v) is 7.82. The minimum atomic E-state index is -1.52. The van der Waals surface area contributed by atoms with Crippen molar-refractivity contribution in [3.63, 3.8) is 0 Å². The van der Waals surface area contributed by atoms with Crippen LogP contribution in [-0.2, 0) is 19.9 Å². The van der Waals surface area contributed by atoms with Crippen molar-refractivity contribution in [2.75, 3.05) is 18.4 Å². The van der Waals surface area contributed by atoms with E-state index >= 15 is 4.79 Å². The van der Waals surface area contributed by atoms with Crippen molar-refractivity contribution >= 4 is 52.6 Å². The van der Waals surface area contributed by atoms with Crippen LogP contribution in [0.5, 0.6) is 0 Å². The van der Waals surface area contributed by atoms with Gasteiger partial charge in [0.2, 0.25) is 5.91 Å². The molecule has 3 heterocycles. The Balaban J connectivity index is 1.57. The van der Waals surface area contributed by atoms with Gasteiger partial charge in [-0.15, -0.1) is 0 Å². The number of fused-ring (bicyclic) bond motifs is 3. The Morgan fingerprint density at radius 1 is 0.844 bits per heavy atom. The van der Waals surface area contributed by atoms with Gasteiger partial charge in [-0.1, -0.05) is 103 Å². The standard InChI is InChI=1S/C37H29Cl2N3O3/c1-2-31(43)42-21-26(20-23-12-16-27(38)17-13-23)34(44)36(22-42)32(24-14-18-28(39)19-15-24)33(25-8-4-3-5-9-25)41-37(36)29-10-6-7-11-30(29)40-35(37)45/h2-20,32-33,41H,1,21-22H2,(H,40,45)/b26-20+. The summed E-state index contributed by atoms with van der Waals surface area (Å²) in [6.45, 7) is 3.81. The molecule has 3 aliphatic rings. The summed E-state index contributed by atoms with van der Waals surface area (Å²) in [6, 6.07) is 31.4. The normalized spacial score (nSPS) is 26.4. The van der Waals surface area contributed by atoms with Gasteiger partial charge in [0.05, 0.1) is 5.41 Å². The molecule has 6 nitrogen and oxygen atoms in total. The van der Waals surface area contributed by atoms with Crippen molar-refractivity contribution < 1.29 is 14.4 Å². The van der Waals surface area contributed by atoms with Crippen LogP contribution in [0, 0.1) is 5.41 Å². The van der Waals surface area contributed by atoms with Crippen molar-refractivity contribution in [3.8, 4) is 0 Å². The van der Waals surface area contributed by atoms with Gasteiger partial charge in [-0.25, -0.2) is 0 Å². The number of hydrogen-bond acceptors (Lipinski definition) is 4. The third-order valence-corrected chi connectivity index (χ3v) is 9.91. The molecule has 4 aromatic rings. The van der Waals surface area contributed by atoms with Crippen LogP contribution in [0.15, 0.2) is 121 Å². The molecular formula is C37H29Cl2N3O3. The number of para-hydroxylation sites is 1. The fourth-order valence-electron chi connectivity index (χ4n) is 7.57. The summed E-state index contributed by atoms with van der Waals surface area (Å²) < 4.78 is 0. The van der Waals surface area contributed by atoms with Gasteiger partial charge < -0.3 is 10.2 Å². The second-order valence-electron chi connectivity index (χ2n) is 11.7. The maximum absolute atomic E-state index is 15.5. The number of Topliss-reactive ketones (excluding diaryl/α,β-unsaturated/α-hetero) is 1. The smallest absolute Gasteiger partial charge is 0.250 e. The van der Waals surface area contributed by atoms with Gasteiger partial charge >= 0.3 is 0 Å². The molecule has 4 unspecified atom stereocenters. The number of piperidine rings is 1. The molecule has 0 radical (unpaired) electrons. The Kier molecular flexibility index (Phi) is 7.24. The number of halogens is 2. The van der Waals surface area contributed by atoms with Gasteiger partial charge in [0.15, 0.2) is 5.78 Å². The summed E-state index contributed by atoms with van der Waals surface area (Å²) in [4.78, 5) is 45.3.